The van der Waals surface area contributed by atoms with E-state index in [4.69, 9.17) is 22.7 Å². The van der Waals surface area contributed by atoms with Gasteiger partial charge in [0, 0.05) is 23.7 Å². The van der Waals surface area contributed by atoms with E-state index in [1.165, 1.54) is 11.8 Å². The van der Waals surface area contributed by atoms with Crippen LogP contribution in [0.15, 0.2) is 40.4 Å². The number of hydrogen-bond acceptors (Lipinski definition) is 3. The fraction of sp³-hybridized carbons (Fsp3) is 0.0909. The molecular formula is C11H11ClN4S. The first kappa shape index (κ1) is 12.0. The molecule has 1 aromatic heterocycles. The van der Waals surface area contributed by atoms with E-state index in [1.807, 2.05) is 25.4 Å². The van der Waals surface area contributed by atoms with Crippen LogP contribution in [0, 0.1) is 5.41 Å². The molecule has 2 aromatic rings. The molecule has 0 saturated carbocycles. The molecular weight excluding hydrogens is 256 g/mol. The molecule has 0 bridgehead atoms. The van der Waals surface area contributed by atoms with Crippen molar-refractivity contribution in [2.75, 3.05) is 0 Å². The van der Waals surface area contributed by atoms with Crippen LogP contribution in [0.3, 0.4) is 0 Å². The number of nitrogen functional groups attached to an aromatic ring is 1. The van der Waals surface area contributed by atoms with Crippen LogP contribution in [0.25, 0.3) is 0 Å². The third-order valence-corrected chi connectivity index (χ3v) is 3.48. The van der Waals surface area contributed by atoms with Gasteiger partial charge >= 0.3 is 0 Å². The Morgan fingerprint density at radius 3 is 2.88 bits per heavy atom. The van der Waals surface area contributed by atoms with E-state index in [1.54, 1.807) is 16.9 Å². The Kier molecular flexibility index (Phi) is 3.40. The van der Waals surface area contributed by atoms with E-state index >= 15 is 0 Å². The normalized spacial score (nSPS) is 10.5. The molecule has 0 aliphatic carbocycles. The van der Waals surface area contributed by atoms with Crippen molar-refractivity contribution in [3.63, 3.8) is 0 Å². The SMILES string of the molecule is Cn1cc(Sc2cccc(Cl)c2C(=N)N)cn1. The average molecular weight is 267 g/mol. The molecule has 1 aromatic carbocycles. The Bertz CT molecular complexity index is 564. The van der Waals surface area contributed by atoms with E-state index < -0.39 is 0 Å². The Balaban J connectivity index is 2.39. The van der Waals surface area contributed by atoms with Gasteiger partial charge in [0.25, 0.3) is 0 Å². The van der Waals surface area contributed by atoms with Crippen LogP contribution in [-0.4, -0.2) is 15.6 Å². The number of amidine groups is 1. The zero-order valence-electron chi connectivity index (χ0n) is 9.14. The summed E-state index contributed by atoms with van der Waals surface area (Å²) in [6, 6.07) is 5.46. The molecule has 0 spiro atoms. The Labute approximate surface area is 108 Å². The van der Waals surface area contributed by atoms with Crippen molar-refractivity contribution in [3.05, 3.63) is 41.2 Å². The van der Waals surface area contributed by atoms with Crippen LogP contribution in [0.4, 0.5) is 0 Å². The fourth-order valence-electron chi connectivity index (χ4n) is 1.43. The lowest BCUT2D eigenvalue weighted by Crippen LogP contribution is -2.12. The van der Waals surface area contributed by atoms with E-state index in [0.29, 0.717) is 10.6 Å². The molecule has 0 aliphatic heterocycles. The molecule has 4 nitrogen and oxygen atoms in total. The van der Waals surface area contributed by atoms with Crippen molar-refractivity contribution < 1.29 is 0 Å². The van der Waals surface area contributed by atoms with Crippen LogP contribution >= 0.6 is 23.4 Å². The Morgan fingerprint density at radius 1 is 1.53 bits per heavy atom. The summed E-state index contributed by atoms with van der Waals surface area (Å²) in [6.45, 7) is 0. The van der Waals surface area contributed by atoms with Gasteiger partial charge in [-0.2, -0.15) is 5.10 Å². The standard InChI is InChI=1S/C11H11ClN4S/c1-16-6-7(5-15-16)17-9-4-2-3-8(12)10(9)11(13)14/h2-6H,1H3,(H3,13,14). The number of rotatable bonds is 3. The number of benzene rings is 1. The highest BCUT2D eigenvalue weighted by Gasteiger charge is 2.11. The molecule has 2 rings (SSSR count). The summed E-state index contributed by atoms with van der Waals surface area (Å²) in [5.41, 5.74) is 6.11. The second-order valence-corrected chi connectivity index (χ2v) is 5.00. The molecule has 0 saturated heterocycles. The van der Waals surface area contributed by atoms with Crippen LogP contribution in [-0.2, 0) is 7.05 Å². The summed E-state index contributed by atoms with van der Waals surface area (Å²) in [5.74, 6) is -0.0259. The van der Waals surface area contributed by atoms with E-state index in [9.17, 15) is 0 Å². The summed E-state index contributed by atoms with van der Waals surface area (Å²) in [6.07, 6.45) is 3.66. The maximum atomic E-state index is 7.55. The predicted octanol–water partition coefficient (Wildman–Crippen LogP) is 2.51. The summed E-state index contributed by atoms with van der Waals surface area (Å²) < 4.78 is 1.72. The van der Waals surface area contributed by atoms with Gasteiger partial charge in [0.05, 0.1) is 16.1 Å². The summed E-state index contributed by atoms with van der Waals surface area (Å²) in [5, 5.41) is 12.1. The first-order valence-electron chi connectivity index (χ1n) is 4.87. The van der Waals surface area contributed by atoms with E-state index in [2.05, 4.69) is 5.10 Å². The second-order valence-electron chi connectivity index (χ2n) is 3.48. The van der Waals surface area contributed by atoms with Crippen molar-refractivity contribution >= 4 is 29.2 Å². The van der Waals surface area contributed by atoms with Crippen molar-refractivity contribution in [1.29, 1.82) is 5.41 Å². The minimum Gasteiger partial charge on any atom is -0.384 e. The molecule has 0 atom stereocenters. The van der Waals surface area contributed by atoms with Crippen LogP contribution in [0.5, 0.6) is 0 Å². The smallest absolute Gasteiger partial charge is 0.125 e. The van der Waals surface area contributed by atoms with Gasteiger partial charge in [-0.25, -0.2) is 0 Å². The number of nitrogens with two attached hydrogens (primary N) is 1. The largest absolute Gasteiger partial charge is 0.384 e. The number of aromatic nitrogens is 2. The lowest BCUT2D eigenvalue weighted by Gasteiger charge is -2.08. The molecule has 1 heterocycles. The van der Waals surface area contributed by atoms with E-state index in [0.717, 1.165) is 9.79 Å². The zero-order chi connectivity index (χ0) is 12.4. The minimum atomic E-state index is -0.0259. The number of nitrogens with one attached hydrogen (secondary N) is 1. The van der Waals surface area contributed by atoms with Crippen molar-refractivity contribution in [2.45, 2.75) is 9.79 Å². The van der Waals surface area contributed by atoms with Gasteiger partial charge in [0.1, 0.15) is 5.84 Å². The van der Waals surface area contributed by atoms with Gasteiger partial charge < -0.3 is 5.73 Å². The van der Waals surface area contributed by atoms with Gasteiger partial charge in [0.2, 0.25) is 0 Å². The van der Waals surface area contributed by atoms with Gasteiger partial charge in [-0.3, -0.25) is 10.1 Å². The molecule has 0 fully saturated rings. The molecule has 0 aliphatic rings. The second kappa shape index (κ2) is 4.81. The van der Waals surface area contributed by atoms with Gasteiger partial charge in [-0.1, -0.05) is 29.4 Å². The van der Waals surface area contributed by atoms with Crippen molar-refractivity contribution in [1.82, 2.24) is 9.78 Å². The first-order chi connectivity index (χ1) is 8.08. The summed E-state index contributed by atoms with van der Waals surface area (Å²) in [7, 11) is 1.86. The quantitative estimate of drug-likeness (QED) is 0.663. The Hall–Kier alpha value is -1.46. The van der Waals surface area contributed by atoms with Gasteiger partial charge in [0.15, 0.2) is 0 Å². The van der Waals surface area contributed by atoms with Crippen LogP contribution < -0.4 is 5.73 Å². The maximum Gasteiger partial charge on any atom is 0.125 e. The minimum absolute atomic E-state index is 0.0259. The highest BCUT2D eigenvalue weighted by atomic mass is 35.5. The lowest BCUT2D eigenvalue weighted by molar-refractivity contribution is 0.766. The number of aryl methyl sites for hydroxylation is 1. The lowest BCUT2D eigenvalue weighted by atomic mass is 10.2. The third-order valence-electron chi connectivity index (χ3n) is 2.15. The summed E-state index contributed by atoms with van der Waals surface area (Å²) in [4.78, 5) is 1.84. The molecule has 3 N–H and O–H groups in total. The average Bonchev–Trinajstić information content (AvgIpc) is 2.63. The molecule has 0 amide bonds. The molecule has 0 radical (unpaired) electrons. The molecule has 0 unspecified atom stereocenters. The van der Waals surface area contributed by atoms with Crippen molar-refractivity contribution in [3.8, 4) is 0 Å². The monoisotopic (exact) mass is 266 g/mol. The zero-order valence-corrected chi connectivity index (χ0v) is 10.7. The Morgan fingerprint density at radius 2 is 2.29 bits per heavy atom. The number of halogens is 1. The maximum absolute atomic E-state index is 7.55. The number of hydrogen-bond donors (Lipinski definition) is 2. The van der Waals surface area contributed by atoms with Gasteiger partial charge in [-0.15, -0.1) is 0 Å². The van der Waals surface area contributed by atoms with Gasteiger partial charge in [-0.05, 0) is 12.1 Å². The molecule has 6 heteroatoms. The predicted molar refractivity (Wildman–Crippen MR) is 69.8 cm³/mol. The van der Waals surface area contributed by atoms with Crippen LogP contribution in [0.2, 0.25) is 5.02 Å². The molecule has 88 valence electrons. The summed E-state index contributed by atoms with van der Waals surface area (Å²) >= 11 is 7.53. The highest BCUT2D eigenvalue weighted by Crippen LogP contribution is 2.33. The van der Waals surface area contributed by atoms with E-state index in [-0.39, 0.29) is 5.84 Å². The fourth-order valence-corrected chi connectivity index (χ4v) is 2.79. The number of nitrogens with zero attached hydrogens (tertiary/aromatic N) is 2. The molecule has 17 heavy (non-hydrogen) atoms. The van der Waals surface area contributed by atoms with Crippen molar-refractivity contribution in [2.24, 2.45) is 12.8 Å². The highest BCUT2D eigenvalue weighted by molar-refractivity contribution is 7.99. The third kappa shape index (κ3) is 2.62. The first-order valence-corrected chi connectivity index (χ1v) is 6.07. The van der Waals surface area contributed by atoms with Crippen LogP contribution in [0.1, 0.15) is 5.56 Å². The topological polar surface area (TPSA) is 67.7 Å².